The molecule has 0 bridgehead atoms. The van der Waals surface area contributed by atoms with Crippen LogP contribution in [-0.4, -0.2) is 27.2 Å². The second kappa shape index (κ2) is 6.74. The highest BCUT2D eigenvalue weighted by Crippen LogP contribution is 2.54. The van der Waals surface area contributed by atoms with Crippen LogP contribution in [0.2, 0.25) is 0 Å². The Hall–Kier alpha value is -1.96. The molecule has 2 heteroatoms. The van der Waals surface area contributed by atoms with Crippen molar-refractivity contribution in [1.29, 1.82) is 0 Å². The maximum Gasteiger partial charge on any atom is 0.0367 e. The first-order valence-electron chi connectivity index (χ1n) is 9.74. The van der Waals surface area contributed by atoms with E-state index in [2.05, 4.69) is 88.0 Å². The third kappa shape index (κ3) is 2.63. The molecule has 2 aromatic rings. The zero-order valence-electron chi connectivity index (χ0n) is 16.7. The molecule has 2 nitrogen and oxygen atoms in total. The van der Waals surface area contributed by atoms with E-state index in [1.165, 1.54) is 33.6 Å². The van der Waals surface area contributed by atoms with Crippen molar-refractivity contribution in [2.75, 3.05) is 37.0 Å². The minimum absolute atomic E-state index is 0.139. The minimum Gasteiger partial charge on any atom is -0.375 e. The average molecular weight is 337 g/mol. The van der Waals surface area contributed by atoms with Crippen molar-refractivity contribution in [2.45, 2.75) is 46.0 Å². The van der Waals surface area contributed by atoms with Crippen molar-refractivity contribution in [3.63, 3.8) is 0 Å². The van der Waals surface area contributed by atoms with Gasteiger partial charge in [0.2, 0.25) is 0 Å². The summed E-state index contributed by atoms with van der Waals surface area (Å²) in [5, 5.41) is 0. The van der Waals surface area contributed by atoms with E-state index in [4.69, 9.17) is 0 Å². The van der Waals surface area contributed by atoms with Gasteiger partial charge >= 0.3 is 0 Å². The van der Waals surface area contributed by atoms with E-state index in [1.807, 2.05) is 0 Å². The van der Waals surface area contributed by atoms with Crippen molar-refractivity contribution < 1.29 is 0 Å². The first kappa shape index (κ1) is 17.8. The van der Waals surface area contributed by atoms with E-state index in [9.17, 15) is 0 Å². The molecule has 0 radical (unpaired) electrons. The maximum atomic E-state index is 2.44. The third-order valence-corrected chi connectivity index (χ3v) is 6.36. The molecule has 134 valence electrons. The predicted octanol–water partition coefficient (Wildman–Crippen LogP) is 5.69. The number of hydrogen-bond donors (Lipinski definition) is 0. The molecule has 0 saturated heterocycles. The van der Waals surface area contributed by atoms with Crippen LogP contribution in [0.25, 0.3) is 11.1 Å². The maximum absolute atomic E-state index is 2.44. The van der Waals surface area contributed by atoms with Crippen LogP contribution in [0.4, 0.5) is 11.4 Å². The molecule has 0 N–H and O–H groups in total. The van der Waals surface area contributed by atoms with Crippen LogP contribution in [0.15, 0.2) is 36.4 Å². The largest absolute Gasteiger partial charge is 0.375 e. The first-order valence-corrected chi connectivity index (χ1v) is 9.74. The van der Waals surface area contributed by atoms with Crippen LogP contribution >= 0.6 is 0 Å². The summed E-state index contributed by atoms with van der Waals surface area (Å²) in [6.07, 6.45) is 2.28. The lowest BCUT2D eigenvalue weighted by Crippen LogP contribution is -2.25. The lowest BCUT2D eigenvalue weighted by atomic mass is 9.73. The Labute approximate surface area is 153 Å². The van der Waals surface area contributed by atoms with Gasteiger partial charge < -0.3 is 9.80 Å². The zero-order valence-corrected chi connectivity index (χ0v) is 16.7. The zero-order chi connectivity index (χ0) is 18.2. The Bertz CT molecular complexity index is 697. The van der Waals surface area contributed by atoms with E-state index in [1.54, 1.807) is 0 Å². The highest BCUT2D eigenvalue weighted by atomic mass is 15.1. The SMILES string of the molecule is CCN(C)c1ccc2c(c1)C(CC)(CC)c1cc(N(C)CC)ccc1-2. The summed E-state index contributed by atoms with van der Waals surface area (Å²) in [6, 6.07) is 14.1. The highest BCUT2D eigenvalue weighted by molar-refractivity contribution is 5.84. The Morgan fingerprint density at radius 3 is 1.40 bits per heavy atom. The van der Waals surface area contributed by atoms with Gasteiger partial charge in [0.1, 0.15) is 0 Å². The molecule has 2 aromatic carbocycles. The molecule has 0 atom stereocenters. The Morgan fingerprint density at radius 2 is 1.08 bits per heavy atom. The standard InChI is InChI=1S/C23H32N2/c1-7-23(8-2)21-15-17(24(5)9-3)11-13-19(21)20-14-12-18(16-22(20)23)25(6)10-4/h11-16H,7-10H2,1-6H3. The van der Waals surface area contributed by atoms with Crippen molar-refractivity contribution in [2.24, 2.45) is 0 Å². The van der Waals surface area contributed by atoms with Crippen LogP contribution in [0, 0.1) is 0 Å². The van der Waals surface area contributed by atoms with Crippen LogP contribution in [0.5, 0.6) is 0 Å². The van der Waals surface area contributed by atoms with Gasteiger partial charge in [-0.05, 0) is 73.2 Å². The third-order valence-electron chi connectivity index (χ3n) is 6.36. The highest BCUT2D eigenvalue weighted by Gasteiger charge is 2.40. The number of benzene rings is 2. The molecule has 0 amide bonds. The monoisotopic (exact) mass is 336 g/mol. The molecule has 25 heavy (non-hydrogen) atoms. The van der Waals surface area contributed by atoms with Gasteiger partial charge in [-0.1, -0.05) is 26.0 Å². The van der Waals surface area contributed by atoms with E-state index in [-0.39, 0.29) is 5.41 Å². The molecule has 0 aromatic heterocycles. The molecule has 0 heterocycles. The van der Waals surface area contributed by atoms with Gasteiger partial charge in [-0.2, -0.15) is 0 Å². The second-order valence-electron chi connectivity index (χ2n) is 7.28. The van der Waals surface area contributed by atoms with Gasteiger partial charge in [0.25, 0.3) is 0 Å². The fraction of sp³-hybridized carbons (Fsp3) is 0.478. The fourth-order valence-corrected chi connectivity index (χ4v) is 4.32. The summed E-state index contributed by atoms with van der Waals surface area (Å²) < 4.78 is 0. The van der Waals surface area contributed by atoms with E-state index >= 15 is 0 Å². The van der Waals surface area contributed by atoms with E-state index in [0.29, 0.717) is 0 Å². The molecule has 1 aliphatic carbocycles. The van der Waals surface area contributed by atoms with Crippen molar-refractivity contribution >= 4 is 11.4 Å². The summed E-state index contributed by atoms with van der Waals surface area (Å²) in [5.41, 5.74) is 8.68. The average Bonchev–Trinajstić information content (AvgIpc) is 2.95. The number of rotatable bonds is 6. The van der Waals surface area contributed by atoms with Gasteiger partial charge in [0.05, 0.1) is 0 Å². The minimum atomic E-state index is 0.139. The molecule has 0 saturated carbocycles. The van der Waals surface area contributed by atoms with Crippen LogP contribution in [-0.2, 0) is 5.41 Å². The molecule has 3 rings (SSSR count). The van der Waals surface area contributed by atoms with Crippen molar-refractivity contribution in [3.8, 4) is 11.1 Å². The molecule has 0 unspecified atom stereocenters. The number of hydrogen-bond acceptors (Lipinski definition) is 2. The number of nitrogens with zero attached hydrogens (tertiary/aromatic N) is 2. The van der Waals surface area contributed by atoms with Crippen molar-refractivity contribution in [1.82, 2.24) is 0 Å². The summed E-state index contributed by atoms with van der Waals surface area (Å²) >= 11 is 0. The van der Waals surface area contributed by atoms with E-state index < -0.39 is 0 Å². The van der Waals surface area contributed by atoms with E-state index in [0.717, 1.165) is 25.9 Å². The Morgan fingerprint density at radius 1 is 0.680 bits per heavy atom. The normalized spacial score (nSPS) is 14.2. The summed E-state index contributed by atoms with van der Waals surface area (Å²) in [7, 11) is 4.36. The summed E-state index contributed by atoms with van der Waals surface area (Å²) in [5.74, 6) is 0. The Balaban J connectivity index is 2.22. The molecular weight excluding hydrogens is 304 g/mol. The Kier molecular flexibility index (Phi) is 4.81. The van der Waals surface area contributed by atoms with Gasteiger partial charge in [0, 0.05) is 44.0 Å². The van der Waals surface area contributed by atoms with Crippen LogP contribution < -0.4 is 9.80 Å². The van der Waals surface area contributed by atoms with Crippen LogP contribution in [0.1, 0.15) is 51.7 Å². The van der Waals surface area contributed by atoms with Gasteiger partial charge in [-0.15, -0.1) is 0 Å². The summed E-state index contributed by atoms with van der Waals surface area (Å²) in [6.45, 7) is 11.2. The lowest BCUT2D eigenvalue weighted by Gasteiger charge is -2.31. The van der Waals surface area contributed by atoms with Gasteiger partial charge in [0.15, 0.2) is 0 Å². The van der Waals surface area contributed by atoms with Crippen molar-refractivity contribution in [3.05, 3.63) is 47.5 Å². The molecule has 0 aliphatic heterocycles. The molecule has 0 spiro atoms. The molecule has 1 aliphatic rings. The molecular formula is C23H32N2. The molecule has 0 fully saturated rings. The van der Waals surface area contributed by atoms with Gasteiger partial charge in [-0.3, -0.25) is 0 Å². The predicted molar refractivity (Wildman–Crippen MR) is 111 cm³/mol. The van der Waals surface area contributed by atoms with Gasteiger partial charge in [-0.25, -0.2) is 0 Å². The number of anilines is 2. The number of fused-ring (bicyclic) bond motifs is 3. The fourth-order valence-electron chi connectivity index (χ4n) is 4.32. The topological polar surface area (TPSA) is 6.48 Å². The lowest BCUT2D eigenvalue weighted by molar-refractivity contribution is 0.490. The quantitative estimate of drug-likeness (QED) is 0.669. The van der Waals surface area contributed by atoms with Crippen LogP contribution in [0.3, 0.4) is 0 Å². The first-order chi connectivity index (χ1) is 12.0. The summed E-state index contributed by atoms with van der Waals surface area (Å²) in [4.78, 5) is 4.66. The second-order valence-corrected chi connectivity index (χ2v) is 7.28. The smallest absolute Gasteiger partial charge is 0.0367 e.